The Bertz CT molecular complexity index is 1300. The van der Waals surface area contributed by atoms with E-state index in [-0.39, 0.29) is 35.7 Å². The summed E-state index contributed by atoms with van der Waals surface area (Å²) < 4.78 is 25.8. The molecule has 3 aromatic rings. The smallest absolute Gasteiger partial charge is 0.411 e. The van der Waals surface area contributed by atoms with Crippen LogP contribution < -0.4 is 0 Å². The molecule has 1 saturated heterocycles. The molecule has 8 nitrogen and oxygen atoms in total. The number of benzene rings is 2. The number of ether oxygens (including phenoxy) is 2. The molecule has 0 saturated carbocycles. The molecule has 0 spiro atoms. The minimum atomic E-state index is -0.679. The molecule has 1 aliphatic heterocycles. The van der Waals surface area contributed by atoms with Crippen molar-refractivity contribution < 1.29 is 23.5 Å². The number of nitrogens with zero attached hydrogens (tertiary/aromatic N) is 3. The van der Waals surface area contributed by atoms with Gasteiger partial charge in [0.15, 0.2) is 5.82 Å². The number of carbonyl (C=O) groups excluding carboxylic acids is 2. The lowest BCUT2D eigenvalue weighted by Gasteiger charge is -2.43. The highest BCUT2D eigenvalue weighted by atomic mass is 19.1. The van der Waals surface area contributed by atoms with Crippen molar-refractivity contribution >= 4 is 23.0 Å². The van der Waals surface area contributed by atoms with E-state index in [1.807, 2.05) is 52.0 Å². The minimum Gasteiger partial charge on any atom is -0.444 e. The maximum Gasteiger partial charge on any atom is 0.411 e. The first-order valence-corrected chi connectivity index (χ1v) is 13.3. The number of aromatic amines is 1. The summed E-state index contributed by atoms with van der Waals surface area (Å²) in [6.07, 6.45) is 1.46. The van der Waals surface area contributed by atoms with Crippen LogP contribution in [0.2, 0.25) is 0 Å². The maximum absolute atomic E-state index is 13.9. The van der Waals surface area contributed by atoms with Gasteiger partial charge in [0.05, 0.1) is 42.4 Å². The number of amides is 2. The number of para-hydroxylation sites is 2. The number of aromatic nitrogens is 2. The van der Waals surface area contributed by atoms with E-state index < -0.39 is 11.7 Å². The first kappa shape index (κ1) is 26.2. The highest BCUT2D eigenvalue weighted by molar-refractivity contribution is 5.94. The number of aryl methyl sites for hydroxylation is 1. The lowest BCUT2D eigenvalue weighted by Crippen LogP contribution is -2.55. The average Bonchev–Trinajstić information content (AvgIpc) is 3.48. The van der Waals surface area contributed by atoms with Crippen molar-refractivity contribution in [2.75, 3.05) is 19.8 Å². The first-order chi connectivity index (χ1) is 18.1. The number of imidazole rings is 1. The lowest BCUT2D eigenvalue weighted by molar-refractivity contribution is -0.0504. The van der Waals surface area contributed by atoms with Gasteiger partial charge in [0, 0.05) is 6.54 Å². The Morgan fingerprint density at radius 1 is 1.16 bits per heavy atom. The van der Waals surface area contributed by atoms with Crippen molar-refractivity contribution in [3.63, 3.8) is 0 Å². The first-order valence-electron chi connectivity index (χ1n) is 13.3. The van der Waals surface area contributed by atoms with Gasteiger partial charge in [-0.1, -0.05) is 18.2 Å². The highest BCUT2D eigenvalue weighted by Crippen LogP contribution is 2.39. The predicted molar refractivity (Wildman–Crippen MR) is 141 cm³/mol. The third-order valence-electron chi connectivity index (χ3n) is 7.28. The standard InChI is InChI=1S/C29H35FN4O4/c1-5-33(27(35)26-31-23-8-6-7-9-24(23)32-26)20-15-21(17-37-16-20)34(28(36)38-29(2,3)4)25-13-10-18-14-19(30)11-12-22(18)25/h6-9,11-12,14,20-21,25H,5,10,13,15-17H2,1-4H3,(H,31,32). The van der Waals surface area contributed by atoms with Gasteiger partial charge in [0.25, 0.3) is 5.91 Å². The molecule has 3 unspecified atom stereocenters. The number of likely N-dealkylation sites (N-methyl/N-ethyl adjacent to an activating group) is 1. The van der Waals surface area contributed by atoms with Crippen LogP contribution in [0.15, 0.2) is 42.5 Å². The number of fused-ring (bicyclic) bond motifs is 2. The molecule has 2 aliphatic rings. The second-order valence-corrected chi connectivity index (χ2v) is 11.1. The molecule has 2 aromatic carbocycles. The van der Waals surface area contributed by atoms with E-state index >= 15 is 0 Å². The molecule has 202 valence electrons. The van der Waals surface area contributed by atoms with Crippen molar-refractivity contribution in [1.82, 2.24) is 19.8 Å². The van der Waals surface area contributed by atoms with Gasteiger partial charge < -0.3 is 19.4 Å². The summed E-state index contributed by atoms with van der Waals surface area (Å²) in [5, 5.41) is 0. The molecule has 3 atom stereocenters. The van der Waals surface area contributed by atoms with Crippen molar-refractivity contribution in [3.05, 3.63) is 65.2 Å². The number of hydrogen-bond acceptors (Lipinski definition) is 5. The third-order valence-corrected chi connectivity index (χ3v) is 7.28. The Morgan fingerprint density at radius 2 is 1.92 bits per heavy atom. The van der Waals surface area contributed by atoms with Gasteiger partial charge in [-0.15, -0.1) is 0 Å². The number of carbonyl (C=O) groups is 2. The van der Waals surface area contributed by atoms with Gasteiger partial charge >= 0.3 is 6.09 Å². The summed E-state index contributed by atoms with van der Waals surface area (Å²) >= 11 is 0. The zero-order chi connectivity index (χ0) is 27.0. The molecular weight excluding hydrogens is 487 g/mol. The van der Waals surface area contributed by atoms with E-state index in [2.05, 4.69) is 9.97 Å². The molecule has 0 radical (unpaired) electrons. The third kappa shape index (κ3) is 5.25. The molecular formula is C29H35FN4O4. The molecule has 1 aliphatic carbocycles. The van der Waals surface area contributed by atoms with Crippen LogP contribution in [0, 0.1) is 5.82 Å². The summed E-state index contributed by atoms with van der Waals surface area (Å²) in [6, 6.07) is 11.5. The average molecular weight is 523 g/mol. The molecule has 1 aromatic heterocycles. The second kappa shape index (κ2) is 10.4. The van der Waals surface area contributed by atoms with Crippen LogP contribution in [0.1, 0.15) is 68.3 Å². The SMILES string of the molecule is CCN(C(=O)c1nc2ccccc2[nH]1)C1COCC(N(C(=O)OC(C)(C)C)C2CCc3cc(F)ccc32)C1. The zero-order valence-corrected chi connectivity index (χ0v) is 22.4. The number of hydrogen-bond donors (Lipinski definition) is 1. The quantitative estimate of drug-likeness (QED) is 0.495. The van der Waals surface area contributed by atoms with Crippen LogP contribution in [0.5, 0.6) is 0 Å². The molecule has 1 N–H and O–H groups in total. The summed E-state index contributed by atoms with van der Waals surface area (Å²) in [5.41, 5.74) is 2.70. The van der Waals surface area contributed by atoms with Crippen LogP contribution in [-0.4, -0.2) is 69.2 Å². The fourth-order valence-corrected chi connectivity index (χ4v) is 5.66. The molecule has 1 fully saturated rings. The summed E-state index contributed by atoms with van der Waals surface area (Å²) in [4.78, 5) is 38.3. The molecule has 0 bridgehead atoms. The van der Waals surface area contributed by atoms with E-state index in [1.54, 1.807) is 21.9 Å². The van der Waals surface area contributed by atoms with Crippen molar-refractivity contribution in [3.8, 4) is 0 Å². The zero-order valence-electron chi connectivity index (χ0n) is 22.4. The van der Waals surface area contributed by atoms with Gasteiger partial charge in [0.2, 0.25) is 0 Å². The monoisotopic (exact) mass is 522 g/mol. The van der Waals surface area contributed by atoms with Crippen LogP contribution in [0.4, 0.5) is 9.18 Å². The number of H-pyrrole nitrogens is 1. The molecule has 38 heavy (non-hydrogen) atoms. The van der Waals surface area contributed by atoms with Crippen molar-refractivity contribution in [2.24, 2.45) is 0 Å². The molecule has 9 heteroatoms. The van der Waals surface area contributed by atoms with Crippen LogP contribution in [-0.2, 0) is 15.9 Å². The Morgan fingerprint density at radius 3 is 2.66 bits per heavy atom. The number of halogens is 1. The minimum absolute atomic E-state index is 0.205. The molecule has 5 rings (SSSR count). The van der Waals surface area contributed by atoms with E-state index in [4.69, 9.17) is 9.47 Å². The largest absolute Gasteiger partial charge is 0.444 e. The lowest BCUT2D eigenvalue weighted by atomic mass is 9.98. The van der Waals surface area contributed by atoms with Crippen molar-refractivity contribution in [2.45, 2.75) is 70.7 Å². The van der Waals surface area contributed by atoms with Crippen LogP contribution >= 0.6 is 0 Å². The van der Waals surface area contributed by atoms with E-state index in [0.717, 1.165) is 22.2 Å². The fourth-order valence-electron chi connectivity index (χ4n) is 5.66. The number of rotatable bonds is 5. The predicted octanol–water partition coefficient (Wildman–Crippen LogP) is 5.25. The second-order valence-electron chi connectivity index (χ2n) is 11.1. The molecule has 2 amide bonds. The normalized spacial score (nSPS) is 21.2. The Hall–Kier alpha value is -3.46. The van der Waals surface area contributed by atoms with Crippen LogP contribution in [0.25, 0.3) is 11.0 Å². The van der Waals surface area contributed by atoms with Gasteiger partial charge in [-0.2, -0.15) is 0 Å². The topological polar surface area (TPSA) is 87.8 Å². The number of nitrogens with one attached hydrogen (secondary N) is 1. The summed E-state index contributed by atoms with van der Waals surface area (Å²) in [7, 11) is 0. The van der Waals surface area contributed by atoms with Gasteiger partial charge in [-0.25, -0.2) is 14.2 Å². The summed E-state index contributed by atoms with van der Waals surface area (Å²) in [6.45, 7) is 8.61. The maximum atomic E-state index is 13.9. The Balaban J connectivity index is 1.41. The Labute approximate surface area is 222 Å². The van der Waals surface area contributed by atoms with Crippen molar-refractivity contribution in [1.29, 1.82) is 0 Å². The van der Waals surface area contributed by atoms with E-state index in [0.29, 0.717) is 39.0 Å². The summed E-state index contributed by atoms with van der Waals surface area (Å²) in [5.74, 6) is -0.202. The van der Waals surface area contributed by atoms with Gasteiger partial charge in [0.1, 0.15) is 11.4 Å². The fraction of sp³-hybridized carbons (Fsp3) is 0.483. The van der Waals surface area contributed by atoms with E-state index in [9.17, 15) is 14.0 Å². The van der Waals surface area contributed by atoms with Gasteiger partial charge in [-0.05, 0) is 82.3 Å². The highest BCUT2D eigenvalue weighted by Gasteiger charge is 2.42. The van der Waals surface area contributed by atoms with Gasteiger partial charge in [-0.3, -0.25) is 9.69 Å². The molecule has 2 heterocycles. The Kier molecular flexibility index (Phi) is 7.13. The van der Waals surface area contributed by atoms with E-state index in [1.165, 1.54) is 6.07 Å². The van der Waals surface area contributed by atoms with Crippen LogP contribution in [0.3, 0.4) is 0 Å².